The molecule has 0 aliphatic heterocycles. The average Bonchev–Trinajstić information content (AvgIpc) is 0.784. The van der Waals surface area contributed by atoms with Crippen molar-refractivity contribution in [1.29, 1.82) is 0 Å². The van der Waals surface area contributed by atoms with Crippen LogP contribution >= 0.6 is 191 Å². The fourth-order valence-electron chi connectivity index (χ4n) is 11.1. The Morgan fingerprint density at radius 3 is 0.273 bits per heavy atom. The zero-order valence-electron chi connectivity index (χ0n) is 68.7. The van der Waals surface area contributed by atoms with E-state index in [-0.39, 0.29) is 0 Å². The van der Waals surface area contributed by atoms with Crippen LogP contribution in [0.2, 0.25) is 0 Å². The van der Waals surface area contributed by atoms with Crippen molar-refractivity contribution in [2.75, 3.05) is 0 Å². The number of phosphoric acid groups is 1. The molecule has 0 saturated heterocycles. The van der Waals surface area contributed by atoms with Crippen LogP contribution in [0.3, 0.4) is 0 Å². The van der Waals surface area contributed by atoms with E-state index in [4.69, 9.17) is 8.56 Å². The van der Waals surface area contributed by atoms with E-state index in [1.165, 1.54) is 0 Å². The Balaban J connectivity index is 0.000000147. The Morgan fingerprint density at radius 2 is 0.195 bits per heavy atom. The number of hydrogen-bond donors (Lipinski definition) is 0. The van der Waals surface area contributed by atoms with Crippen molar-refractivity contribution >= 4 is 191 Å². The second-order valence-corrected chi connectivity index (χ2v) is 65.8. The first kappa shape index (κ1) is 99.2. The van der Waals surface area contributed by atoms with Crippen molar-refractivity contribution in [1.82, 2.24) is 0 Å². The molecule has 0 atom stereocenters. The molecule has 0 heterocycles. The minimum absolute atomic E-state index is 0.864. The molecule has 0 aliphatic rings. The van der Waals surface area contributed by atoms with E-state index in [0.29, 0.717) is 0 Å². The van der Waals surface area contributed by atoms with Crippen molar-refractivity contribution in [2.24, 2.45) is 0 Å². The fraction of sp³-hybridized carbons (Fsp3) is 0. The van der Waals surface area contributed by atoms with E-state index in [9.17, 15) is 17.2 Å². The quantitative estimate of drug-likeness (QED) is 0.0344. The third-order valence-corrected chi connectivity index (χ3v) is 58.8. The van der Waals surface area contributed by atoms with Gasteiger partial charge in [-0.25, -0.2) is 0 Å². The first-order valence-electron chi connectivity index (χ1n) is 39.8. The molecule has 18 aromatic carbocycles. The van der Waals surface area contributed by atoms with Crippen molar-refractivity contribution in [3.8, 4) is 0 Å². The zero-order valence-corrected chi connectivity index (χ0v) is 89.0. The summed E-state index contributed by atoms with van der Waals surface area (Å²) in [5.41, 5.74) is 0. The van der Waals surface area contributed by atoms with Crippen molar-refractivity contribution in [3.63, 3.8) is 0 Å². The fourth-order valence-corrected chi connectivity index (χ4v) is 50.3. The molecule has 0 aromatic heterocycles. The number of halogens is 15. The van der Waals surface area contributed by atoms with Gasteiger partial charge in [-0.1, -0.05) is 0 Å². The molecule has 0 bridgehead atoms. The third kappa shape index (κ3) is 32.6. The Morgan fingerprint density at radius 1 is 0.125 bits per heavy atom. The van der Waals surface area contributed by atoms with E-state index in [0.717, 1.165) is 64.3 Å². The summed E-state index contributed by atoms with van der Waals surface area (Å²) in [4.78, 5) is 0. The van der Waals surface area contributed by atoms with Crippen LogP contribution in [0.15, 0.2) is 546 Å². The summed E-state index contributed by atoms with van der Waals surface area (Å²) in [6, 6.07) is 174. The van der Waals surface area contributed by atoms with E-state index >= 15 is 4.57 Å². The van der Waals surface area contributed by atoms with Gasteiger partial charge in [0.05, 0.1) is 0 Å². The van der Waals surface area contributed by atoms with Crippen LogP contribution in [0, 0.1) is 64.3 Å². The van der Waals surface area contributed by atoms with Crippen LogP contribution in [0.1, 0.15) is 0 Å². The number of hydrogen-bond acceptors (Lipinski definition) is 4. The van der Waals surface area contributed by atoms with Gasteiger partial charge in [0.15, 0.2) is 0 Å². The van der Waals surface area contributed by atoms with Crippen LogP contribution in [0.25, 0.3) is 0 Å². The summed E-state index contributed by atoms with van der Waals surface area (Å²) in [5, 5.41) is 0. The summed E-state index contributed by atoms with van der Waals surface area (Å²) >= 11 is -23.9. The van der Waals surface area contributed by atoms with E-state index in [2.05, 4.69) is 72.8 Å². The van der Waals surface area contributed by atoms with Gasteiger partial charge in [0.25, 0.3) is 0 Å². The molecule has 20 heteroatoms. The molecule has 0 amide bonds. The Labute approximate surface area is 819 Å². The van der Waals surface area contributed by atoms with Gasteiger partial charge < -0.3 is 0 Å². The van der Waals surface area contributed by atoms with Crippen LogP contribution in [0.4, 0.5) is 17.2 Å². The van der Waals surface area contributed by atoms with Crippen molar-refractivity contribution in [3.05, 3.63) is 610 Å². The van der Waals surface area contributed by atoms with Gasteiger partial charge in [-0.15, -0.1) is 0 Å². The molecule has 0 spiro atoms. The van der Waals surface area contributed by atoms with Crippen LogP contribution in [-0.4, -0.2) is 0 Å². The molecule has 0 aliphatic carbocycles. The van der Waals surface area contributed by atoms with Crippen LogP contribution in [-0.2, 0) is 13.1 Å². The first-order chi connectivity index (χ1) is 62.9. The van der Waals surface area contributed by atoms with E-state index < -0.39 is 191 Å². The topological polar surface area (TPSA) is 44.8 Å². The SMILES string of the molecule is FI(c1ccccc1)c1ccccc1.FI(c1ccccc1)c1ccccc1.FI(c1ccccc1)c1ccccc1.FI(c1ccccc1)c1ccccc1.FI(c1ccccc1)c1ccccc1.FI(c1ccccc1)c1ccccc1.O=P(OI(c1ccccc1)c1ccccc1)(OI(c1ccccc1)c1ccccc1)OI(c1ccccc1)c1ccccc1. The van der Waals surface area contributed by atoms with Crippen molar-refractivity contribution < 1.29 is 30.3 Å². The Bertz CT molecular complexity index is 4860. The van der Waals surface area contributed by atoms with Crippen LogP contribution in [0.5, 0.6) is 0 Å². The van der Waals surface area contributed by atoms with Gasteiger partial charge in [0.1, 0.15) is 0 Å². The molecular weight excluding hydrogens is 2650 g/mol. The minimum atomic E-state index is -4.17. The maximum atomic E-state index is 15.5. The van der Waals surface area contributed by atoms with Gasteiger partial charge in [0.2, 0.25) is 0 Å². The van der Waals surface area contributed by atoms with Gasteiger partial charge in [-0.05, 0) is 0 Å². The zero-order chi connectivity index (χ0) is 88.8. The van der Waals surface area contributed by atoms with Gasteiger partial charge in [0, 0.05) is 0 Å². The monoisotopic (exact) mass is 2740 g/mol. The summed E-state index contributed by atoms with van der Waals surface area (Å²) in [5.74, 6) is 0. The molecule has 0 N–H and O–H groups in total. The molecule has 0 unspecified atom stereocenters. The predicted molar refractivity (Wildman–Crippen MR) is 596 cm³/mol. The third-order valence-electron chi connectivity index (χ3n) is 17.1. The standard InChI is InChI=1S/C36H30I3O4P.6C12H10FI/c40-44(41-37(31-19-7-1-8-20-31)32-21-9-2-10-22-32,42-38(33-23-11-3-12-24-33)34-25-13-4-14-26-34)43-39(35-27-15-5-16-28-35)36-29-17-6-18-30-36;6*13-14(11-7-3-1-4-8-11)12-9-5-2-6-10-12/h1-30H;6*1-10H. The Kier molecular flexibility index (Phi) is 43.6. The average molecular weight is 2740 g/mol. The van der Waals surface area contributed by atoms with E-state index in [1.807, 2.05) is 473 Å². The number of rotatable bonds is 24. The van der Waals surface area contributed by atoms with Gasteiger partial charge in [-0.2, -0.15) is 0 Å². The van der Waals surface area contributed by atoms with Crippen molar-refractivity contribution in [2.45, 2.75) is 0 Å². The summed E-state index contributed by atoms with van der Waals surface area (Å²) in [7, 11) is -4.17. The second kappa shape index (κ2) is 56.2. The summed E-state index contributed by atoms with van der Waals surface area (Å²) in [6.07, 6.45) is 0. The van der Waals surface area contributed by atoms with Gasteiger partial charge in [-0.3, -0.25) is 0 Å². The summed E-state index contributed by atoms with van der Waals surface area (Å²) < 4.78 is 137. The molecule has 0 radical (unpaired) electrons. The first-order valence-corrected chi connectivity index (χ1v) is 68.3. The molecule has 18 rings (SSSR count). The molecule has 0 fully saturated rings. The second-order valence-electron chi connectivity index (χ2n) is 26.1. The Hall–Kier alpha value is -7.78. The maximum absolute atomic E-state index is 15.5. The molecular formula is C108H90F6I9O4P. The predicted octanol–water partition coefficient (Wildman–Crippen LogP) is 36.3. The molecule has 18 aromatic rings. The summed E-state index contributed by atoms with van der Waals surface area (Å²) in [6.45, 7) is 0. The normalized spacial score (nSPS) is 11.5. The molecule has 656 valence electrons. The van der Waals surface area contributed by atoms with E-state index in [1.54, 1.807) is 0 Å². The molecule has 0 saturated carbocycles. The molecule has 4 nitrogen and oxygen atoms in total. The molecule has 128 heavy (non-hydrogen) atoms. The van der Waals surface area contributed by atoms with Crippen LogP contribution < -0.4 is 0 Å². The number of benzene rings is 18. The van der Waals surface area contributed by atoms with Gasteiger partial charge >= 0.3 is 831 Å².